The topological polar surface area (TPSA) is 39.9 Å². The van der Waals surface area contributed by atoms with Crippen LogP contribution in [0.3, 0.4) is 0 Å². The molecule has 0 spiro atoms. The van der Waals surface area contributed by atoms with Crippen LogP contribution in [0.2, 0.25) is 0 Å². The van der Waals surface area contributed by atoms with Crippen LogP contribution in [0.5, 0.6) is 0 Å². The van der Waals surface area contributed by atoms with Crippen molar-refractivity contribution in [3.63, 3.8) is 0 Å². The third-order valence-electron chi connectivity index (χ3n) is 1.48. The normalized spacial score (nSPS) is 16.9. The Hall–Kier alpha value is -0.420. The minimum absolute atomic E-state index is 0.619. The first-order valence-corrected chi connectivity index (χ1v) is 3.83. The second-order valence-electron chi connectivity index (χ2n) is 2.10. The highest BCUT2D eigenvalue weighted by Gasteiger charge is 2.13. The summed E-state index contributed by atoms with van der Waals surface area (Å²) in [5.74, 6) is 0. The number of ether oxygens (including phenoxy) is 1. The van der Waals surface area contributed by atoms with E-state index >= 15 is 0 Å². The van der Waals surface area contributed by atoms with Crippen LogP contribution in [0, 0.1) is 0 Å². The van der Waals surface area contributed by atoms with Gasteiger partial charge in [0.15, 0.2) is 4.60 Å². The Bertz CT molecular complexity index is 247. The van der Waals surface area contributed by atoms with E-state index in [0.717, 1.165) is 23.4 Å². The predicted molar refractivity (Wildman–Crippen MR) is 37.4 cm³/mol. The fourth-order valence-corrected chi connectivity index (χ4v) is 1.34. The lowest BCUT2D eigenvalue weighted by Gasteiger charge is -2.12. The molecule has 4 nitrogen and oxygen atoms in total. The Morgan fingerprint density at radius 2 is 2.50 bits per heavy atom. The Kier molecular flexibility index (Phi) is 1.46. The number of hydrogen-bond acceptors (Lipinski definition) is 3. The fraction of sp³-hybridized carbons (Fsp3) is 0.600. The van der Waals surface area contributed by atoms with Gasteiger partial charge < -0.3 is 4.74 Å². The van der Waals surface area contributed by atoms with Crippen molar-refractivity contribution in [2.24, 2.45) is 0 Å². The van der Waals surface area contributed by atoms with E-state index in [1.807, 2.05) is 4.68 Å². The molecule has 2 rings (SSSR count). The summed E-state index contributed by atoms with van der Waals surface area (Å²) in [5, 5.41) is 7.74. The Labute approximate surface area is 66.3 Å². The number of aromatic nitrogens is 3. The molecule has 0 amide bonds. The number of fused-ring (bicyclic) bond motifs is 1. The second-order valence-corrected chi connectivity index (χ2v) is 2.85. The average Bonchev–Trinajstić information content (AvgIpc) is 2.34. The molecular weight excluding hydrogens is 198 g/mol. The van der Waals surface area contributed by atoms with E-state index < -0.39 is 0 Å². The van der Waals surface area contributed by atoms with Crippen LogP contribution >= 0.6 is 15.9 Å². The summed E-state index contributed by atoms with van der Waals surface area (Å²) < 4.78 is 7.86. The van der Waals surface area contributed by atoms with Gasteiger partial charge in [-0.15, -0.1) is 5.10 Å². The molecule has 0 fully saturated rings. The third-order valence-corrected chi connectivity index (χ3v) is 2.09. The van der Waals surface area contributed by atoms with Crippen LogP contribution < -0.4 is 0 Å². The third kappa shape index (κ3) is 0.856. The van der Waals surface area contributed by atoms with Crippen molar-refractivity contribution in [2.75, 3.05) is 6.61 Å². The number of hydrogen-bond donors (Lipinski definition) is 0. The van der Waals surface area contributed by atoms with Crippen LogP contribution in [-0.4, -0.2) is 21.6 Å². The van der Waals surface area contributed by atoms with Gasteiger partial charge in [0.2, 0.25) is 0 Å². The van der Waals surface area contributed by atoms with Gasteiger partial charge in [0.05, 0.1) is 25.5 Å². The summed E-state index contributed by atoms with van der Waals surface area (Å²) in [6.07, 6.45) is 0. The van der Waals surface area contributed by atoms with E-state index in [-0.39, 0.29) is 0 Å². The summed E-state index contributed by atoms with van der Waals surface area (Å²) >= 11 is 3.28. The smallest absolute Gasteiger partial charge is 0.153 e. The van der Waals surface area contributed by atoms with Gasteiger partial charge in [-0.05, 0) is 15.9 Å². The molecule has 0 N–H and O–H groups in total. The van der Waals surface area contributed by atoms with Gasteiger partial charge in [-0.2, -0.15) is 0 Å². The van der Waals surface area contributed by atoms with E-state index in [1.165, 1.54) is 0 Å². The lowest BCUT2D eigenvalue weighted by Crippen LogP contribution is -2.17. The molecule has 0 aliphatic carbocycles. The highest BCUT2D eigenvalue weighted by molar-refractivity contribution is 9.10. The number of nitrogens with zero attached hydrogens (tertiary/aromatic N) is 3. The summed E-state index contributed by atoms with van der Waals surface area (Å²) in [6, 6.07) is 0. The molecule has 0 atom stereocenters. The molecule has 1 aromatic heterocycles. The van der Waals surface area contributed by atoms with Crippen molar-refractivity contribution in [1.29, 1.82) is 0 Å². The molecule has 0 saturated heterocycles. The lowest BCUT2D eigenvalue weighted by molar-refractivity contribution is 0.0793. The van der Waals surface area contributed by atoms with Crippen molar-refractivity contribution in [2.45, 2.75) is 13.2 Å². The molecular formula is C5H6BrN3O. The van der Waals surface area contributed by atoms with Gasteiger partial charge >= 0.3 is 0 Å². The lowest BCUT2D eigenvalue weighted by atomic mass is 10.4. The number of rotatable bonds is 0. The Morgan fingerprint density at radius 1 is 1.60 bits per heavy atom. The van der Waals surface area contributed by atoms with E-state index in [9.17, 15) is 0 Å². The summed E-state index contributed by atoms with van der Waals surface area (Å²) in [4.78, 5) is 0. The molecule has 1 aliphatic heterocycles. The second kappa shape index (κ2) is 2.32. The highest BCUT2D eigenvalue weighted by Crippen LogP contribution is 2.16. The monoisotopic (exact) mass is 203 g/mol. The van der Waals surface area contributed by atoms with E-state index in [4.69, 9.17) is 4.74 Å². The maximum atomic E-state index is 5.20. The van der Waals surface area contributed by atoms with Crippen LogP contribution in [0.25, 0.3) is 0 Å². The molecule has 0 saturated carbocycles. The molecule has 0 bridgehead atoms. The molecule has 1 aliphatic rings. The van der Waals surface area contributed by atoms with Crippen LogP contribution in [0.15, 0.2) is 4.60 Å². The van der Waals surface area contributed by atoms with E-state index in [1.54, 1.807) is 0 Å². The van der Waals surface area contributed by atoms with Crippen molar-refractivity contribution in [3.8, 4) is 0 Å². The summed E-state index contributed by atoms with van der Waals surface area (Å²) in [5.41, 5.74) is 1.03. The van der Waals surface area contributed by atoms with Gasteiger partial charge in [0.1, 0.15) is 0 Å². The van der Waals surface area contributed by atoms with Crippen LogP contribution in [-0.2, 0) is 17.9 Å². The molecule has 0 aromatic carbocycles. The standard InChI is InChI=1S/C5H6BrN3O/c6-5-4-3-10-2-1-9(4)8-7-5/h1-3H2. The zero-order valence-electron chi connectivity index (χ0n) is 5.25. The van der Waals surface area contributed by atoms with E-state index in [2.05, 4.69) is 26.2 Å². The maximum Gasteiger partial charge on any atom is 0.153 e. The average molecular weight is 204 g/mol. The van der Waals surface area contributed by atoms with E-state index in [0.29, 0.717) is 6.61 Å². The predicted octanol–water partition coefficient (Wildman–Crippen LogP) is 0.571. The quantitative estimate of drug-likeness (QED) is 0.620. The Balaban J connectivity index is 2.45. The molecule has 0 unspecified atom stereocenters. The molecule has 0 radical (unpaired) electrons. The Morgan fingerprint density at radius 3 is 3.30 bits per heavy atom. The summed E-state index contributed by atoms with van der Waals surface area (Å²) in [7, 11) is 0. The van der Waals surface area contributed by atoms with Crippen LogP contribution in [0.1, 0.15) is 5.69 Å². The maximum absolute atomic E-state index is 5.20. The molecule has 10 heavy (non-hydrogen) atoms. The summed E-state index contributed by atoms with van der Waals surface area (Å²) in [6.45, 7) is 2.17. The van der Waals surface area contributed by atoms with Crippen molar-refractivity contribution >= 4 is 15.9 Å². The zero-order chi connectivity index (χ0) is 6.97. The van der Waals surface area contributed by atoms with Crippen LogP contribution in [0.4, 0.5) is 0 Å². The molecule has 5 heteroatoms. The first-order chi connectivity index (χ1) is 4.88. The molecule has 1 aromatic rings. The first-order valence-electron chi connectivity index (χ1n) is 3.03. The first kappa shape index (κ1) is 6.30. The SMILES string of the molecule is Brc1nnn2c1COCC2. The largest absolute Gasteiger partial charge is 0.373 e. The minimum Gasteiger partial charge on any atom is -0.373 e. The van der Waals surface area contributed by atoms with Gasteiger partial charge in [-0.3, -0.25) is 0 Å². The molecule has 2 heterocycles. The van der Waals surface area contributed by atoms with Gasteiger partial charge in [0.25, 0.3) is 0 Å². The van der Waals surface area contributed by atoms with Crippen molar-refractivity contribution in [1.82, 2.24) is 15.0 Å². The zero-order valence-corrected chi connectivity index (χ0v) is 6.84. The van der Waals surface area contributed by atoms with Crippen molar-refractivity contribution < 1.29 is 4.74 Å². The molecule has 54 valence electrons. The van der Waals surface area contributed by atoms with Gasteiger partial charge in [-0.1, -0.05) is 5.21 Å². The van der Waals surface area contributed by atoms with Crippen molar-refractivity contribution in [3.05, 3.63) is 10.3 Å². The minimum atomic E-state index is 0.619. The van der Waals surface area contributed by atoms with Gasteiger partial charge in [-0.25, -0.2) is 4.68 Å². The van der Waals surface area contributed by atoms with Gasteiger partial charge in [0, 0.05) is 0 Å². The fourth-order valence-electron chi connectivity index (χ4n) is 0.945. The number of halogens is 1. The highest BCUT2D eigenvalue weighted by atomic mass is 79.9.